The Balaban J connectivity index is 1.58. The Labute approximate surface area is 144 Å². The standard InChI is InChI=1S/C19H18N2O4/c22-18-16-12-15(24-13-14-4-2-1-3-5-14)6-7-17(16)25-19(20-18)21-8-10-23-11-9-21/h1-7,12H,8-11,13H2. The van der Waals surface area contributed by atoms with Crippen LogP contribution in [-0.4, -0.2) is 31.3 Å². The second kappa shape index (κ2) is 6.94. The van der Waals surface area contributed by atoms with E-state index in [1.165, 1.54) is 0 Å². The monoisotopic (exact) mass is 338 g/mol. The smallest absolute Gasteiger partial charge is 0.301 e. The lowest BCUT2D eigenvalue weighted by molar-refractivity contribution is 0.120. The van der Waals surface area contributed by atoms with Gasteiger partial charge in [-0.1, -0.05) is 30.3 Å². The van der Waals surface area contributed by atoms with Crippen molar-refractivity contribution < 1.29 is 13.9 Å². The Kier molecular flexibility index (Phi) is 4.35. The fourth-order valence-electron chi connectivity index (χ4n) is 2.75. The quantitative estimate of drug-likeness (QED) is 0.729. The summed E-state index contributed by atoms with van der Waals surface area (Å²) in [6.07, 6.45) is 0. The molecule has 1 aliphatic heterocycles. The lowest BCUT2D eigenvalue weighted by Crippen LogP contribution is -2.37. The molecular formula is C19H18N2O4. The first-order valence-electron chi connectivity index (χ1n) is 8.24. The first-order valence-corrected chi connectivity index (χ1v) is 8.24. The van der Waals surface area contributed by atoms with Gasteiger partial charge in [0.15, 0.2) is 0 Å². The van der Waals surface area contributed by atoms with E-state index in [0.717, 1.165) is 5.56 Å². The molecule has 1 aliphatic rings. The molecule has 0 N–H and O–H groups in total. The highest BCUT2D eigenvalue weighted by Crippen LogP contribution is 2.22. The van der Waals surface area contributed by atoms with Crippen molar-refractivity contribution in [2.75, 3.05) is 31.2 Å². The van der Waals surface area contributed by atoms with Crippen molar-refractivity contribution in [1.82, 2.24) is 4.98 Å². The summed E-state index contributed by atoms with van der Waals surface area (Å²) in [5.74, 6) is 0.615. The van der Waals surface area contributed by atoms with Crippen molar-refractivity contribution in [3.05, 3.63) is 64.4 Å². The summed E-state index contributed by atoms with van der Waals surface area (Å²) in [5.41, 5.74) is 1.26. The molecule has 6 nitrogen and oxygen atoms in total. The van der Waals surface area contributed by atoms with E-state index in [1.807, 2.05) is 35.2 Å². The van der Waals surface area contributed by atoms with Gasteiger partial charge >= 0.3 is 6.01 Å². The van der Waals surface area contributed by atoms with Crippen LogP contribution in [0, 0.1) is 0 Å². The van der Waals surface area contributed by atoms with Gasteiger partial charge in [0.2, 0.25) is 0 Å². The third kappa shape index (κ3) is 3.49. The van der Waals surface area contributed by atoms with E-state index in [-0.39, 0.29) is 5.56 Å². The first-order chi connectivity index (χ1) is 12.3. The zero-order valence-corrected chi connectivity index (χ0v) is 13.7. The van der Waals surface area contributed by atoms with Gasteiger partial charge in [0.25, 0.3) is 5.56 Å². The number of nitrogens with zero attached hydrogens (tertiary/aromatic N) is 2. The number of benzene rings is 2. The van der Waals surface area contributed by atoms with E-state index in [4.69, 9.17) is 13.9 Å². The van der Waals surface area contributed by atoms with E-state index in [2.05, 4.69) is 4.98 Å². The molecule has 0 atom stereocenters. The minimum Gasteiger partial charge on any atom is -0.489 e. The fraction of sp³-hybridized carbons (Fsp3) is 0.263. The van der Waals surface area contributed by atoms with Gasteiger partial charge in [-0.3, -0.25) is 4.79 Å². The van der Waals surface area contributed by atoms with Gasteiger partial charge < -0.3 is 18.8 Å². The third-order valence-electron chi connectivity index (χ3n) is 4.11. The Morgan fingerprint density at radius 1 is 1.08 bits per heavy atom. The molecule has 1 saturated heterocycles. The Morgan fingerprint density at radius 3 is 2.68 bits per heavy atom. The maximum atomic E-state index is 12.4. The van der Waals surface area contributed by atoms with Crippen LogP contribution in [-0.2, 0) is 11.3 Å². The maximum Gasteiger partial charge on any atom is 0.301 e. The van der Waals surface area contributed by atoms with E-state index < -0.39 is 0 Å². The minimum absolute atomic E-state index is 0.312. The van der Waals surface area contributed by atoms with E-state index in [9.17, 15) is 4.79 Å². The van der Waals surface area contributed by atoms with Crippen LogP contribution in [0.25, 0.3) is 11.0 Å². The molecule has 0 saturated carbocycles. The van der Waals surface area contributed by atoms with E-state index in [1.54, 1.807) is 18.2 Å². The molecule has 6 heteroatoms. The van der Waals surface area contributed by atoms with Crippen molar-refractivity contribution in [1.29, 1.82) is 0 Å². The van der Waals surface area contributed by atoms with Crippen molar-refractivity contribution in [2.24, 2.45) is 0 Å². The molecule has 2 heterocycles. The predicted octanol–water partition coefficient (Wildman–Crippen LogP) is 2.60. The van der Waals surface area contributed by atoms with Gasteiger partial charge in [-0.15, -0.1) is 0 Å². The molecule has 1 aromatic heterocycles. The van der Waals surface area contributed by atoms with Crippen LogP contribution < -0.4 is 15.2 Å². The highest BCUT2D eigenvalue weighted by atomic mass is 16.5. The van der Waals surface area contributed by atoms with Crippen LogP contribution in [0.4, 0.5) is 6.01 Å². The number of ether oxygens (including phenoxy) is 2. The summed E-state index contributed by atoms with van der Waals surface area (Å²) in [5, 5.41) is 0.419. The second-order valence-electron chi connectivity index (χ2n) is 5.83. The van der Waals surface area contributed by atoms with E-state index in [0.29, 0.717) is 55.6 Å². The lowest BCUT2D eigenvalue weighted by Gasteiger charge is -2.25. The van der Waals surface area contributed by atoms with Gasteiger partial charge in [-0.2, -0.15) is 4.98 Å². The molecule has 3 aromatic rings. The number of morpholine rings is 1. The summed E-state index contributed by atoms with van der Waals surface area (Å²) in [4.78, 5) is 18.4. The van der Waals surface area contributed by atoms with Crippen LogP contribution in [0.5, 0.6) is 5.75 Å². The van der Waals surface area contributed by atoms with E-state index >= 15 is 0 Å². The molecule has 1 fully saturated rings. The van der Waals surface area contributed by atoms with Gasteiger partial charge in [0, 0.05) is 13.1 Å². The zero-order valence-electron chi connectivity index (χ0n) is 13.7. The molecule has 0 aliphatic carbocycles. The molecule has 128 valence electrons. The van der Waals surface area contributed by atoms with Crippen LogP contribution in [0.1, 0.15) is 5.56 Å². The van der Waals surface area contributed by atoms with Gasteiger partial charge in [-0.05, 0) is 23.8 Å². The van der Waals surface area contributed by atoms with Crippen molar-refractivity contribution in [2.45, 2.75) is 6.61 Å². The summed E-state index contributed by atoms with van der Waals surface area (Å²) >= 11 is 0. The summed E-state index contributed by atoms with van der Waals surface area (Å²) in [6, 6.07) is 15.5. The normalized spacial score (nSPS) is 14.6. The highest BCUT2D eigenvalue weighted by molar-refractivity contribution is 5.77. The number of hydrogen-bond acceptors (Lipinski definition) is 6. The number of fused-ring (bicyclic) bond motifs is 1. The first kappa shape index (κ1) is 15.7. The van der Waals surface area contributed by atoms with Crippen LogP contribution in [0.2, 0.25) is 0 Å². The van der Waals surface area contributed by atoms with Crippen molar-refractivity contribution in [3.8, 4) is 5.75 Å². The van der Waals surface area contributed by atoms with Crippen LogP contribution in [0.3, 0.4) is 0 Å². The Bertz CT molecular complexity index is 918. The van der Waals surface area contributed by atoms with Gasteiger partial charge in [0.05, 0.1) is 18.6 Å². The lowest BCUT2D eigenvalue weighted by atomic mass is 10.2. The second-order valence-corrected chi connectivity index (χ2v) is 5.83. The number of aromatic nitrogens is 1. The molecule has 2 aromatic carbocycles. The average molecular weight is 338 g/mol. The predicted molar refractivity (Wildman–Crippen MR) is 94.1 cm³/mol. The maximum absolute atomic E-state index is 12.4. The summed E-state index contributed by atoms with van der Waals surface area (Å²) < 4.78 is 16.9. The highest BCUT2D eigenvalue weighted by Gasteiger charge is 2.17. The largest absolute Gasteiger partial charge is 0.489 e. The zero-order chi connectivity index (χ0) is 17.1. The minimum atomic E-state index is -0.312. The molecule has 0 amide bonds. The fourth-order valence-corrected chi connectivity index (χ4v) is 2.75. The van der Waals surface area contributed by atoms with Gasteiger partial charge in [-0.25, -0.2) is 0 Å². The summed E-state index contributed by atoms with van der Waals surface area (Å²) in [6.45, 7) is 2.99. The topological polar surface area (TPSA) is 64.8 Å². The molecular weight excluding hydrogens is 320 g/mol. The van der Waals surface area contributed by atoms with Crippen molar-refractivity contribution >= 4 is 17.0 Å². The number of rotatable bonds is 4. The van der Waals surface area contributed by atoms with Gasteiger partial charge in [0.1, 0.15) is 17.9 Å². The molecule has 0 radical (unpaired) electrons. The third-order valence-corrected chi connectivity index (χ3v) is 4.11. The number of anilines is 1. The Hall–Kier alpha value is -2.86. The van der Waals surface area contributed by atoms with Crippen LogP contribution >= 0.6 is 0 Å². The van der Waals surface area contributed by atoms with Crippen LogP contribution in [0.15, 0.2) is 57.7 Å². The summed E-state index contributed by atoms with van der Waals surface area (Å²) in [7, 11) is 0. The Morgan fingerprint density at radius 2 is 1.88 bits per heavy atom. The molecule has 0 unspecified atom stereocenters. The SMILES string of the molecule is O=c1nc(N2CCOCC2)oc2ccc(OCc3ccccc3)cc12. The molecule has 0 bridgehead atoms. The average Bonchev–Trinajstić information content (AvgIpc) is 2.68. The molecule has 4 rings (SSSR count). The molecule has 0 spiro atoms. The molecule has 25 heavy (non-hydrogen) atoms. The van der Waals surface area contributed by atoms with Crippen molar-refractivity contribution in [3.63, 3.8) is 0 Å². The number of hydrogen-bond donors (Lipinski definition) is 0.